The second-order valence-electron chi connectivity index (χ2n) is 5.83. The summed E-state index contributed by atoms with van der Waals surface area (Å²) in [6.45, 7) is 0.906. The van der Waals surface area contributed by atoms with E-state index >= 15 is 0 Å². The molecule has 0 saturated heterocycles. The van der Waals surface area contributed by atoms with Crippen LogP contribution in [0.5, 0.6) is 0 Å². The smallest absolute Gasteiger partial charge is 0.201 e. The molecule has 18 heavy (non-hydrogen) atoms. The maximum atomic E-state index is 13.4. The average Bonchev–Trinajstić information content (AvgIpc) is 3.22. The Morgan fingerprint density at radius 2 is 2.17 bits per heavy atom. The number of hydrogen-bond acceptors (Lipinski definition) is 2. The summed E-state index contributed by atoms with van der Waals surface area (Å²) >= 11 is 0. The zero-order chi connectivity index (χ0) is 12.3. The topological polar surface area (TPSA) is 43.8 Å². The molecule has 94 valence electrons. The van der Waals surface area contributed by atoms with E-state index in [1.165, 1.54) is 31.7 Å². The molecule has 0 atom stereocenters. The fourth-order valence-corrected chi connectivity index (χ4v) is 3.15. The molecule has 2 saturated carbocycles. The second kappa shape index (κ2) is 3.25. The van der Waals surface area contributed by atoms with E-state index in [0.717, 1.165) is 23.5 Å². The van der Waals surface area contributed by atoms with Gasteiger partial charge in [0.2, 0.25) is 5.95 Å². The Bertz CT molecular complexity index is 623. The molecule has 0 aliphatic heterocycles. The number of anilines is 1. The van der Waals surface area contributed by atoms with Gasteiger partial charge in [0.25, 0.3) is 0 Å². The van der Waals surface area contributed by atoms with Gasteiger partial charge in [-0.3, -0.25) is 0 Å². The third-order valence-electron chi connectivity index (χ3n) is 4.55. The summed E-state index contributed by atoms with van der Waals surface area (Å²) in [7, 11) is 0. The molecular formula is C14H16FN3. The molecule has 2 fully saturated rings. The van der Waals surface area contributed by atoms with Crippen LogP contribution in [0.15, 0.2) is 18.2 Å². The first-order chi connectivity index (χ1) is 8.68. The molecular weight excluding hydrogens is 229 g/mol. The predicted molar refractivity (Wildman–Crippen MR) is 68.5 cm³/mol. The fourth-order valence-electron chi connectivity index (χ4n) is 3.15. The number of imidazole rings is 1. The molecule has 1 aromatic carbocycles. The number of fused-ring (bicyclic) bond motifs is 1. The maximum Gasteiger partial charge on any atom is 0.201 e. The SMILES string of the molecule is Nc1nc2ccc(F)cc2n1CC1(C2CC2)CC1. The van der Waals surface area contributed by atoms with Crippen molar-refractivity contribution in [2.24, 2.45) is 11.3 Å². The van der Waals surface area contributed by atoms with Crippen LogP contribution in [-0.4, -0.2) is 9.55 Å². The molecule has 0 radical (unpaired) electrons. The van der Waals surface area contributed by atoms with E-state index in [1.54, 1.807) is 12.1 Å². The van der Waals surface area contributed by atoms with E-state index in [-0.39, 0.29) is 5.82 Å². The van der Waals surface area contributed by atoms with Crippen LogP contribution in [0.1, 0.15) is 25.7 Å². The third kappa shape index (κ3) is 1.44. The molecule has 2 N–H and O–H groups in total. The molecule has 0 spiro atoms. The van der Waals surface area contributed by atoms with Gasteiger partial charge in [-0.25, -0.2) is 9.37 Å². The zero-order valence-electron chi connectivity index (χ0n) is 10.2. The Labute approximate surface area is 105 Å². The van der Waals surface area contributed by atoms with Crippen LogP contribution < -0.4 is 5.73 Å². The van der Waals surface area contributed by atoms with Gasteiger partial charge in [0, 0.05) is 6.54 Å². The summed E-state index contributed by atoms with van der Waals surface area (Å²) < 4.78 is 15.4. The number of hydrogen-bond donors (Lipinski definition) is 1. The van der Waals surface area contributed by atoms with Crippen LogP contribution in [0.4, 0.5) is 10.3 Å². The van der Waals surface area contributed by atoms with Crippen LogP contribution in [0.2, 0.25) is 0 Å². The normalized spacial score (nSPS) is 21.4. The van der Waals surface area contributed by atoms with Gasteiger partial charge in [0.05, 0.1) is 11.0 Å². The lowest BCUT2D eigenvalue weighted by atomic mass is 10.0. The molecule has 0 bridgehead atoms. The van der Waals surface area contributed by atoms with Gasteiger partial charge in [-0.05, 0) is 55.2 Å². The van der Waals surface area contributed by atoms with Gasteiger partial charge in [-0.1, -0.05) is 0 Å². The van der Waals surface area contributed by atoms with Crippen molar-refractivity contribution in [3.05, 3.63) is 24.0 Å². The molecule has 1 aromatic heterocycles. The van der Waals surface area contributed by atoms with Crippen molar-refractivity contribution >= 4 is 17.0 Å². The Morgan fingerprint density at radius 1 is 1.39 bits per heavy atom. The van der Waals surface area contributed by atoms with Crippen molar-refractivity contribution in [2.45, 2.75) is 32.2 Å². The first-order valence-corrected chi connectivity index (χ1v) is 6.59. The molecule has 4 heteroatoms. The summed E-state index contributed by atoms with van der Waals surface area (Å²) in [5, 5.41) is 0. The molecule has 4 rings (SSSR count). The van der Waals surface area contributed by atoms with Gasteiger partial charge in [-0.2, -0.15) is 0 Å². The molecule has 0 amide bonds. The first-order valence-electron chi connectivity index (χ1n) is 6.59. The van der Waals surface area contributed by atoms with Crippen molar-refractivity contribution in [3.8, 4) is 0 Å². The zero-order valence-corrected chi connectivity index (χ0v) is 10.2. The first kappa shape index (κ1) is 10.4. The summed E-state index contributed by atoms with van der Waals surface area (Å²) in [4.78, 5) is 4.32. The van der Waals surface area contributed by atoms with Gasteiger partial charge < -0.3 is 10.3 Å². The monoisotopic (exact) mass is 245 g/mol. The summed E-state index contributed by atoms with van der Waals surface area (Å²) in [6.07, 6.45) is 5.26. The number of nitrogen functional groups attached to an aromatic ring is 1. The number of aromatic nitrogens is 2. The number of nitrogens with two attached hydrogens (primary N) is 1. The summed E-state index contributed by atoms with van der Waals surface area (Å²) in [5.74, 6) is 1.16. The molecule has 2 aliphatic carbocycles. The van der Waals surface area contributed by atoms with Gasteiger partial charge in [0.1, 0.15) is 5.82 Å². The molecule has 1 heterocycles. The molecule has 2 aliphatic rings. The van der Waals surface area contributed by atoms with Crippen molar-refractivity contribution in [2.75, 3.05) is 5.73 Å². The standard InChI is InChI=1S/C14H16FN3/c15-10-3-4-11-12(7-10)18(13(16)17-11)8-14(5-6-14)9-1-2-9/h3-4,7,9H,1-2,5-6,8H2,(H2,16,17). The van der Waals surface area contributed by atoms with E-state index in [4.69, 9.17) is 5.73 Å². The minimum Gasteiger partial charge on any atom is -0.369 e. The van der Waals surface area contributed by atoms with Crippen molar-refractivity contribution < 1.29 is 4.39 Å². The lowest BCUT2D eigenvalue weighted by Crippen LogP contribution is -2.15. The van der Waals surface area contributed by atoms with Crippen LogP contribution in [0, 0.1) is 17.2 Å². The van der Waals surface area contributed by atoms with Crippen LogP contribution >= 0.6 is 0 Å². The Kier molecular flexibility index (Phi) is 1.87. The van der Waals surface area contributed by atoms with Crippen molar-refractivity contribution in [3.63, 3.8) is 0 Å². The van der Waals surface area contributed by atoms with Crippen molar-refractivity contribution in [1.29, 1.82) is 0 Å². The number of halogens is 1. The average molecular weight is 245 g/mol. The highest BCUT2D eigenvalue weighted by atomic mass is 19.1. The molecule has 0 unspecified atom stereocenters. The Morgan fingerprint density at radius 3 is 2.83 bits per heavy atom. The minimum atomic E-state index is -0.222. The highest BCUT2D eigenvalue weighted by Crippen LogP contribution is 2.62. The van der Waals surface area contributed by atoms with Crippen molar-refractivity contribution in [1.82, 2.24) is 9.55 Å². The predicted octanol–water partition coefficient (Wildman–Crippen LogP) is 2.95. The van der Waals surface area contributed by atoms with Gasteiger partial charge >= 0.3 is 0 Å². The Hall–Kier alpha value is -1.58. The van der Waals surface area contributed by atoms with E-state index in [2.05, 4.69) is 4.98 Å². The van der Waals surface area contributed by atoms with Crippen LogP contribution in [0.3, 0.4) is 0 Å². The van der Waals surface area contributed by atoms with Crippen LogP contribution in [0.25, 0.3) is 11.0 Å². The molecule has 3 nitrogen and oxygen atoms in total. The largest absolute Gasteiger partial charge is 0.369 e. The lowest BCUT2D eigenvalue weighted by molar-refractivity contribution is 0.377. The maximum absolute atomic E-state index is 13.4. The quantitative estimate of drug-likeness (QED) is 0.903. The summed E-state index contributed by atoms with van der Waals surface area (Å²) in [6, 6.07) is 4.68. The van der Waals surface area contributed by atoms with E-state index in [1.807, 2.05) is 4.57 Å². The van der Waals surface area contributed by atoms with Gasteiger partial charge in [0.15, 0.2) is 0 Å². The summed E-state index contributed by atoms with van der Waals surface area (Å²) in [5.41, 5.74) is 8.05. The Balaban J connectivity index is 1.79. The second-order valence-corrected chi connectivity index (χ2v) is 5.83. The van der Waals surface area contributed by atoms with E-state index in [0.29, 0.717) is 11.4 Å². The van der Waals surface area contributed by atoms with Crippen LogP contribution in [-0.2, 0) is 6.54 Å². The molecule has 2 aromatic rings. The minimum absolute atomic E-state index is 0.222. The highest BCUT2D eigenvalue weighted by molar-refractivity contribution is 5.78. The van der Waals surface area contributed by atoms with E-state index < -0.39 is 0 Å². The number of nitrogens with zero attached hydrogens (tertiary/aromatic N) is 2. The van der Waals surface area contributed by atoms with Gasteiger partial charge in [-0.15, -0.1) is 0 Å². The number of rotatable bonds is 3. The highest BCUT2D eigenvalue weighted by Gasteiger charge is 2.54. The third-order valence-corrected chi connectivity index (χ3v) is 4.55. The van der Waals surface area contributed by atoms with E-state index in [9.17, 15) is 4.39 Å². The fraction of sp³-hybridized carbons (Fsp3) is 0.500. The number of benzene rings is 1. The lowest BCUT2D eigenvalue weighted by Gasteiger charge is -2.16.